The van der Waals surface area contributed by atoms with E-state index >= 15 is 0 Å². The van der Waals surface area contributed by atoms with Gasteiger partial charge in [-0.2, -0.15) is 5.26 Å². The maximum Gasteiger partial charge on any atom is 0.305 e. The molecular formula is C24H19N3O3S2. The zero-order chi connectivity index (χ0) is 22.8. The van der Waals surface area contributed by atoms with E-state index in [9.17, 15) is 14.9 Å². The Hall–Kier alpha value is -3.41. The second kappa shape index (κ2) is 8.99. The van der Waals surface area contributed by atoms with Crippen LogP contribution in [0.3, 0.4) is 0 Å². The molecule has 1 aliphatic heterocycles. The molecule has 0 spiro atoms. The molecule has 1 amide bonds. The van der Waals surface area contributed by atoms with Crippen molar-refractivity contribution >= 4 is 57.2 Å². The third kappa shape index (κ3) is 4.05. The Morgan fingerprint density at radius 1 is 1.22 bits per heavy atom. The Morgan fingerprint density at radius 2 is 1.94 bits per heavy atom. The number of amides is 1. The summed E-state index contributed by atoms with van der Waals surface area (Å²) in [6.07, 6.45) is 1.68. The molecule has 1 N–H and O–H groups in total. The van der Waals surface area contributed by atoms with Crippen LogP contribution in [0, 0.1) is 18.3 Å². The average Bonchev–Trinajstić information content (AvgIpc) is 3.20. The van der Waals surface area contributed by atoms with Crippen LogP contribution in [0.15, 0.2) is 53.4 Å². The predicted octanol–water partition coefficient (Wildman–Crippen LogP) is 4.55. The third-order valence-corrected chi connectivity index (χ3v) is 6.82. The monoisotopic (exact) mass is 461 g/mol. The van der Waals surface area contributed by atoms with Crippen LogP contribution in [0.1, 0.15) is 28.8 Å². The highest BCUT2D eigenvalue weighted by molar-refractivity contribution is 8.26. The minimum atomic E-state index is -0.973. The van der Waals surface area contributed by atoms with E-state index < -0.39 is 5.97 Å². The van der Waals surface area contributed by atoms with Gasteiger partial charge in [0.15, 0.2) is 0 Å². The minimum absolute atomic E-state index is 0.0586. The number of rotatable bonds is 6. The van der Waals surface area contributed by atoms with Crippen molar-refractivity contribution in [3.63, 3.8) is 0 Å². The van der Waals surface area contributed by atoms with Crippen LogP contribution in [0.2, 0.25) is 0 Å². The number of fused-ring (bicyclic) bond motifs is 1. The molecule has 0 aliphatic carbocycles. The molecular weight excluding hydrogens is 442 g/mol. The Labute approximate surface area is 194 Å². The number of nitrogens with zero attached hydrogens (tertiary/aromatic N) is 3. The number of carbonyl (C=O) groups is 2. The Kier molecular flexibility index (Phi) is 6.12. The van der Waals surface area contributed by atoms with Gasteiger partial charge >= 0.3 is 5.97 Å². The van der Waals surface area contributed by atoms with Gasteiger partial charge in [0, 0.05) is 35.2 Å². The van der Waals surface area contributed by atoms with Crippen LogP contribution in [0.25, 0.3) is 17.0 Å². The van der Waals surface area contributed by atoms with E-state index in [2.05, 4.69) is 10.6 Å². The number of benzene rings is 2. The zero-order valence-corrected chi connectivity index (χ0v) is 18.9. The summed E-state index contributed by atoms with van der Waals surface area (Å²) in [5.41, 5.74) is 4.43. The number of carbonyl (C=O) groups excluding carboxylic acids is 1. The van der Waals surface area contributed by atoms with Crippen molar-refractivity contribution in [2.45, 2.75) is 19.9 Å². The van der Waals surface area contributed by atoms with Crippen LogP contribution in [-0.4, -0.2) is 37.3 Å². The average molecular weight is 462 g/mol. The predicted molar refractivity (Wildman–Crippen MR) is 129 cm³/mol. The van der Waals surface area contributed by atoms with Gasteiger partial charge in [0.25, 0.3) is 5.91 Å². The SMILES string of the molecule is Cc1c(/C=C2/SC(=S)N(CCC(=O)O)C2=O)c2ccccc2n1Cc1ccccc1C#N. The number of thiocarbonyl (C=S) groups is 1. The van der Waals surface area contributed by atoms with Gasteiger partial charge in [0.2, 0.25) is 0 Å². The largest absolute Gasteiger partial charge is 0.481 e. The van der Waals surface area contributed by atoms with Crippen LogP contribution in [-0.2, 0) is 16.1 Å². The van der Waals surface area contributed by atoms with E-state index in [-0.39, 0.29) is 18.9 Å². The van der Waals surface area contributed by atoms with Crippen LogP contribution < -0.4 is 0 Å². The molecule has 0 saturated carbocycles. The first kappa shape index (κ1) is 21.8. The number of aliphatic carboxylic acids is 1. The first-order chi connectivity index (χ1) is 15.4. The molecule has 0 atom stereocenters. The summed E-state index contributed by atoms with van der Waals surface area (Å²) in [6.45, 7) is 2.58. The molecule has 0 unspecified atom stereocenters. The van der Waals surface area contributed by atoms with Crippen molar-refractivity contribution in [3.8, 4) is 6.07 Å². The van der Waals surface area contributed by atoms with Crippen molar-refractivity contribution in [3.05, 3.63) is 75.8 Å². The molecule has 2 heterocycles. The Morgan fingerprint density at radius 3 is 2.69 bits per heavy atom. The third-order valence-electron chi connectivity index (χ3n) is 5.44. The van der Waals surface area contributed by atoms with Gasteiger partial charge in [-0.15, -0.1) is 0 Å². The number of carboxylic acid groups (broad SMARTS) is 1. The minimum Gasteiger partial charge on any atom is -0.481 e. The molecule has 32 heavy (non-hydrogen) atoms. The molecule has 3 aromatic rings. The summed E-state index contributed by atoms with van der Waals surface area (Å²) in [5.74, 6) is -1.24. The van der Waals surface area contributed by atoms with Crippen molar-refractivity contribution in [2.75, 3.05) is 6.54 Å². The molecule has 1 aliphatic rings. The first-order valence-corrected chi connectivity index (χ1v) is 11.2. The van der Waals surface area contributed by atoms with Crippen LogP contribution in [0.5, 0.6) is 0 Å². The summed E-state index contributed by atoms with van der Waals surface area (Å²) in [7, 11) is 0. The van der Waals surface area contributed by atoms with E-state index in [0.29, 0.717) is 21.3 Å². The van der Waals surface area contributed by atoms with Crippen molar-refractivity contribution in [1.82, 2.24) is 9.47 Å². The molecule has 160 valence electrons. The number of carboxylic acids is 1. The van der Waals surface area contributed by atoms with E-state index in [1.54, 1.807) is 6.07 Å². The maximum absolute atomic E-state index is 12.9. The molecule has 0 radical (unpaired) electrons. The van der Waals surface area contributed by atoms with Gasteiger partial charge in [-0.25, -0.2) is 0 Å². The van der Waals surface area contributed by atoms with E-state index in [4.69, 9.17) is 17.3 Å². The number of nitriles is 1. The lowest BCUT2D eigenvalue weighted by atomic mass is 10.1. The number of para-hydroxylation sites is 1. The summed E-state index contributed by atoms with van der Waals surface area (Å²) in [4.78, 5) is 25.6. The fourth-order valence-corrected chi connectivity index (χ4v) is 5.10. The van der Waals surface area contributed by atoms with Crippen molar-refractivity contribution in [2.24, 2.45) is 0 Å². The van der Waals surface area contributed by atoms with Gasteiger partial charge in [-0.1, -0.05) is 60.4 Å². The highest BCUT2D eigenvalue weighted by Crippen LogP contribution is 2.36. The molecule has 1 fully saturated rings. The van der Waals surface area contributed by atoms with Gasteiger partial charge in [-0.3, -0.25) is 14.5 Å². The molecule has 1 saturated heterocycles. The zero-order valence-electron chi connectivity index (χ0n) is 17.2. The second-order valence-electron chi connectivity index (χ2n) is 7.35. The van der Waals surface area contributed by atoms with E-state index in [1.807, 2.05) is 55.5 Å². The number of hydrogen-bond donors (Lipinski definition) is 1. The quantitative estimate of drug-likeness (QED) is 0.428. The summed E-state index contributed by atoms with van der Waals surface area (Å²) in [5, 5.41) is 19.4. The smallest absolute Gasteiger partial charge is 0.305 e. The summed E-state index contributed by atoms with van der Waals surface area (Å²) < 4.78 is 2.51. The van der Waals surface area contributed by atoms with Crippen LogP contribution >= 0.6 is 24.0 Å². The van der Waals surface area contributed by atoms with E-state index in [1.165, 1.54) is 16.7 Å². The highest BCUT2D eigenvalue weighted by Gasteiger charge is 2.32. The molecule has 8 heteroatoms. The number of thioether (sulfide) groups is 1. The molecule has 6 nitrogen and oxygen atoms in total. The maximum atomic E-state index is 12.9. The highest BCUT2D eigenvalue weighted by atomic mass is 32.2. The Bertz CT molecular complexity index is 1330. The normalized spacial score (nSPS) is 15.0. The van der Waals surface area contributed by atoms with Gasteiger partial charge in [0.05, 0.1) is 23.0 Å². The van der Waals surface area contributed by atoms with Gasteiger partial charge in [0.1, 0.15) is 4.32 Å². The fraction of sp³-hybridized carbons (Fsp3) is 0.167. The standard InChI is InChI=1S/C24H19N3O3S2/c1-15-19(12-21-23(30)26(24(31)32-21)11-10-22(28)29)18-8-4-5-9-20(18)27(15)14-17-7-3-2-6-16(17)13-25/h2-9,12H,10-11,14H2,1H3,(H,28,29)/b21-12+. The first-order valence-electron chi connectivity index (χ1n) is 9.93. The summed E-state index contributed by atoms with van der Waals surface area (Å²) >= 11 is 6.50. The lowest BCUT2D eigenvalue weighted by molar-refractivity contribution is -0.137. The molecule has 1 aromatic heterocycles. The van der Waals surface area contributed by atoms with Crippen LogP contribution in [0.4, 0.5) is 0 Å². The number of hydrogen-bond acceptors (Lipinski definition) is 5. The van der Waals surface area contributed by atoms with Gasteiger partial charge < -0.3 is 9.67 Å². The second-order valence-corrected chi connectivity index (χ2v) is 9.02. The lowest BCUT2D eigenvalue weighted by Gasteiger charge is -2.12. The fourth-order valence-electron chi connectivity index (χ4n) is 3.81. The van der Waals surface area contributed by atoms with Crippen molar-refractivity contribution in [1.29, 1.82) is 5.26 Å². The van der Waals surface area contributed by atoms with Gasteiger partial charge in [-0.05, 0) is 30.7 Å². The molecule has 4 rings (SSSR count). The van der Waals surface area contributed by atoms with E-state index in [0.717, 1.165) is 27.7 Å². The van der Waals surface area contributed by atoms with Crippen molar-refractivity contribution < 1.29 is 14.7 Å². The topological polar surface area (TPSA) is 86.3 Å². The lowest BCUT2D eigenvalue weighted by Crippen LogP contribution is -2.30. The molecule has 0 bridgehead atoms. The molecule has 2 aromatic carbocycles. The number of aromatic nitrogens is 1. The Balaban J connectivity index is 1.76. The summed E-state index contributed by atoms with van der Waals surface area (Å²) in [6, 6.07) is 17.7.